The minimum Gasteiger partial charge on any atom is -0.481 e. The predicted molar refractivity (Wildman–Crippen MR) is 151 cm³/mol. The molecule has 0 spiro atoms. The monoisotopic (exact) mass is 583 g/mol. The topological polar surface area (TPSA) is 98.7 Å². The highest BCUT2D eigenvalue weighted by atomic mass is 19.4. The summed E-state index contributed by atoms with van der Waals surface area (Å²) in [7, 11) is 0. The van der Waals surface area contributed by atoms with Gasteiger partial charge in [-0.15, -0.1) is 0 Å². The van der Waals surface area contributed by atoms with Gasteiger partial charge in [-0.25, -0.2) is 9.18 Å². The van der Waals surface area contributed by atoms with Gasteiger partial charge in [0.05, 0.1) is 24.2 Å². The Morgan fingerprint density at radius 1 is 0.929 bits per heavy atom. The van der Waals surface area contributed by atoms with Crippen LogP contribution in [0.15, 0.2) is 72.8 Å². The van der Waals surface area contributed by atoms with E-state index in [1.807, 2.05) is 12.1 Å². The van der Waals surface area contributed by atoms with E-state index in [0.717, 1.165) is 43.4 Å². The number of hydrogen-bond donors (Lipinski definition) is 3. The fraction of sp³-hybridized carbons (Fsp3) is 0.258. The number of urea groups is 1. The highest BCUT2D eigenvalue weighted by molar-refractivity contribution is 6.02. The van der Waals surface area contributed by atoms with Gasteiger partial charge in [-0.1, -0.05) is 36.4 Å². The van der Waals surface area contributed by atoms with Crippen LogP contribution in [0.3, 0.4) is 0 Å². The van der Waals surface area contributed by atoms with Crippen LogP contribution in [0, 0.1) is 5.82 Å². The van der Waals surface area contributed by atoms with Crippen molar-refractivity contribution in [3.05, 3.63) is 101 Å². The van der Waals surface area contributed by atoms with Crippen molar-refractivity contribution in [1.82, 2.24) is 5.32 Å². The van der Waals surface area contributed by atoms with Gasteiger partial charge in [-0.2, -0.15) is 13.2 Å². The van der Waals surface area contributed by atoms with E-state index < -0.39 is 41.2 Å². The van der Waals surface area contributed by atoms with Crippen molar-refractivity contribution in [1.29, 1.82) is 0 Å². The van der Waals surface area contributed by atoms with Gasteiger partial charge in [0.1, 0.15) is 0 Å². The minimum atomic E-state index is -4.93. The van der Waals surface area contributed by atoms with Crippen LogP contribution in [0.4, 0.5) is 33.7 Å². The second-order valence-corrected chi connectivity index (χ2v) is 9.80. The van der Waals surface area contributed by atoms with Gasteiger partial charge in [0, 0.05) is 17.8 Å². The van der Waals surface area contributed by atoms with E-state index in [9.17, 15) is 31.9 Å². The number of benzene rings is 3. The molecule has 0 fully saturated rings. The van der Waals surface area contributed by atoms with E-state index in [-0.39, 0.29) is 25.1 Å². The quantitative estimate of drug-likeness (QED) is 0.231. The van der Waals surface area contributed by atoms with Crippen molar-refractivity contribution in [2.45, 2.75) is 44.8 Å². The zero-order valence-electron chi connectivity index (χ0n) is 22.5. The summed E-state index contributed by atoms with van der Waals surface area (Å²) >= 11 is 0. The fourth-order valence-corrected chi connectivity index (χ4v) is 4.60. The molecule has 1 aliphatic carbocycles. The lowest BCUT2D eigenvalue weighted by Crippen LogP contribution is -2.35. The van der Waals surface area contributed by atoms with Crippen LogP contribution < -0.4 is 15.5 Å². The summed E-state index contributed by atoms with van der Waals surface area (Å²) in [5.41, 5.74) is 1.38. The molecule has 3 aromatic carbocycles. The Balaban J connectivity index is 1.58. The molecular formula is C31H29F4N3O4. The van der Waals surface area contributed by atoms with Gasteiger partial charge in [0.15, 0.2) is 5.82 Å². The normalized spacial score (nSPS) is 13.2. The summed E-state index contributed by atoms with van der Waals surface area (Å²) in [6, 6.07) is 15.2. The molecule has 7 nitrogen and oxygen atoms in total. The van der Waals surface area contributed by atoms with E-state index in [2.05, 4.69) is 16.7 Å². The molecule has 4 rings (SSSR count). The molecule has 0 bridgehead atoms. The van der Waals surface area contributed by atoms with Crippen molar-refractivity contribution in [2.24, 2.45) is 0 Å². The number of carbonyl (C=O) groups excluding carboxylic acids is 2. The van der Waals surface area contributed by atoms with Crippen LogP contribution in [-0.4, -0.2) is 29.6 Å². The maximum atomic E-state index is 14.7. The molecule has 0 atom stereocenters. The van der Waals surface area contributed by atoms with Crippen molar-refractivity contribution in [3.63, 3.8) is 0 Å². The molecule has 0 heterocycles. The smallest absolute Gasteiger partial charge is 0.419 e. The Labute approximate surface area is 239 Å². The second-order valence-electron chi connectivity index (χ2n) is 9.80. The molecule has 3 N–H and O–H groups in total. The van der Waals surface area contributed by atoms with Crippen LogP contribution in [-0.2, 0) is 17.5 Å². The molecule has 42 heavy (non-hydrogen) atoms. The number of allylic oxidation sites excluding steroid dienone is 2. The first-order valence-corrected chi connectivity index (χ1v) is 13.4. The number of rotatable bonds is 9. The summed E-state index contributed by atoms with van der Waals surface area (Å²) in [6.45, 7) is -0.0851. The number of anilines is 2. The number of carboxylic acid groups (broad SMARTS) is 1. The maximum Gasteiger partial charge on any atom is 0.419 e. The summed E-state index contributed by atoms with van der Waals surface area (Å²) in [5, 5.41) is 13.5. The number of nitrogens with zero attached hydrogens (tertiary/aromatic N) is 1. The third-order valence-corrected chi connectivity index (χ3v) is 6.81. The molecule has 0 saturated carbocycles. The molecule has 0 aromatic heterocycles. The molecule has 0 radical (unpaired) electrons. The van der Waals surface area contributed by atoms with Crippen molar-refractivity contribution < 1.29 is 37.1 Å². The number of alkyl halides is 3. The number of aliphatic carboxylic acids is 1. The molecule has 3 aromatic rings. The highest BCUT2D eigenvalue weighted by Gasteiger charge is 2.35. The summed E-state index contributed by atoms with van der Waals surface area (Å²) < 4.78 is 54.4. The molecular weight excluding hydrogens is 554 g/mol. The van der Waals surface area contributed by atoms with Crippen molar-refractivity contribution >= 4 is 34.9 Å². The molecule has 220 valence electrons. The first-order valence-electron chi connectivity index (χ1n) is 13.4. The lowest BCUT2D eigenvalue weighted by atomic mass is 9.93. The van der Waals surface area contributed by atoms with Crippen LogP contribution >= 0.6 is 0 Å². The molecule has 0 unspecified atom stereocenters. The lowest BCUT2D eigenvalue weighted by Gasteiger charge is -2.25. The maximum absolute atomic E-state index is 14.7. The Morgan fingerprint density at radius 2 is 1.64 bits per heavy atom. The van der Waals surface area contributed by atoms with Gasteiger partial charge in [0.25, 0.3) is 5.91 Å². The zero-order chi connectivity index (χ0) is 30.3. The standard InChI is InChI=1S/C31H29F4N3O4/c32-28-25(31(33,34)35)7-4-8-26(28)37-30(42)38(24-15-13-22(14-16-24)21-5-2-1-3-6-21)19-20-9-11-23(12-10-20)29(41)36-18-17-27(39)40/h4-5,7-16H,1-3,6,17-19H2,(H,36,41)(H,37,42)(H,39,40). The third kappa shape index (κ3) is 7.74. The van der Waals surface area contributed by atoms with Crippen molar-refractivity contribution in [3.8, 4) is 0 Å². The van der Waals surface area contributed by atoms with Gasteiger partial charge in [-0.05, 0) is 78.8 Å². The number of hydrogen-bond acceptors (Lipinski definition) is 3. The Morgan fingerprint density at radius 3 is 2.26 bits per heavy atom. The summed E-state index contributed by atoms with van der Waals surface area (Å²) in [5.74, 6) is -3.10. The first kappa shape index (κ1) is 30.3. The molecule has 3 amide bonds. The third-order valence-electron chi connectivity index (χ3n) is 6.81. The molecule has 0 aliphatic heterocycles. The van der Waals surface area contributed by atoms with Crippen LogP contribution in [0.1, 0.15) is 59.2 Å². The van der Waals surface area contributed by atoms with Crippen LogP contribution in [0.5, 0.6) is 0 Å². The molecule has 11 heteroatoms. The predicted octanol–water partition coefficient (Wildman–Crippen LogP) is 7.25. The summed E-state index contributed by atoms with van der Waals surface area (Å²) in [6.07, 6.45) is 1.16. The van der Waals surface area contributed by atoms with Gasteiger partial charge in [0.2, 0.25) is 0 Å². The molecule has 0 saturated heterocycles. The first-order chi connectivity index (χ1) is 20.0. The largest absolute Gasteiger partial charge is 0.481 e. The fourth-order valence-electron chi connectivity index (χ4n) is 4.60. The van der Waals surface area contributed by atoms with Crippen LogP contribution in [0.25, 0.3) is 5.57 Å². The van der Waals surface area contributed by atoms with Gasteiger partial charge >= 0.3 is 18.2 Å². The SMILES string of the molecule is O=C(O)CCNC(=O)c1ccc(CN(C(=O)Nc2cccc(C(F)(F)F)c2F)c2ccc(C3=CCCCC3)cc2)cc1. The summed E-state index contributed by atoms with van der Waals surface area (Å²) in [4.78, 5) is 37.6. The number of carbonyl (C=O) groups is 3. The van der Waals surface area contributed by atoms with Gasteiger partial charge < -0.3 is 15.7 Å². The minimum absolute atomic E-state index is 0.0388. The number of carboxylic acids is 1. The number of amides is 3. The van der Waals surface area contributed by atoms with E-state index in [0.29, 0.717) is 17.3 Å². The average molecular weight is 584 g/mol. The number of halogens is 4. The lowest BCUT2D eigenvalue weighted by molar-refractivity contribution is -0.140. The average Bonchev–Trinajstić information content (AvgIpc) is 2.97. The Bertz CT molecular complexity index is 1470. The second kappa shape index (κ2) is 13.3. The number of nitrogens with one attached hydrogen (secondary N) is 2. The van der Waals surface area contributed by atoms with Gasteiger partial charge in [-0.3, -0.25) is 14.5 Å². The Kier molecular flexibility index (Phi) is 9.61. The Hall–Kier alpha value is -4.67. The molecule has 1 aliphatic rings. The highest BCUT2D eigenvalue weighted by Crippen LogP contribution is 2.34. The van der Waals surface area contributed by atoms with Crippen LogP contribution in [0.2, 0.25) is 0 Å². The van der Waals surface area contributed by atoms with E-state index in [1.165, 1.54) is 22.6 Å². The zero-order valence-corrected chi connectivity index (χ0v) is 22.5. The van der Waals surface area contributed by atoms with E-state index in [4.69, 9.17) is 5.11 Å². The van der Waals surface area contributed by atoms with E-state index in [1.54, 1.807) is 24.3 Å². The van der Waals surface area contributed by atoms with Crippen molar-refractivity contribution in [2.75, 3.05) is 16.8 Å². The van der Waals surface area contributed by atoms with E-state index >= 15 is 0 Å².